The smallest absolute Gasteiger partial charge is 0.453 e. The summed E-state index contributed by atoms with van der Waals surface area (Å²) in [5.41, 5.74) is 0. The quantitative estimate of drug-likeness (QED) is 0.394. The second-order valence-electron chi connectivity index (χ2n) is 2.19. The lowest BCUT2D eigenvalue weighted by Crippen LogP contribution is -2.45. The zero-order chi connectivity index (χ0) is 10.7. The number of alkyl halides is 3. The van der Waals surface area contributed by atoms with E-state index in [1.54, 1.807) is 0 Å². The van der Waals surface area contributed by atoms with Gasteiger partial charge >= 0.3 is 12.0 Å². The third-order valence-electron chi connectivity index (χ3n) is 1.13. The summed E-state index contributed by atoms with van der Waals surface area (Å²) in [7, 11) is 0. The van der Waals surface area contributed by atoms with Crippen LogP contribution in [0.15, 0.2) is 25.4 Å². The maximum absolute atomic E-state index is 12.1. The van der Waals surface area contributed by atoms with Crippen LogP contribution in [-0.4, -0.2) is 12.0 Å². The summed E-state index contributed by atoms with van der Waals surface area (Å²) in [5.74, 6) is -3.08. The van der Waals surface area contributed by atoms with Crippen molar-refractivity contribution in [1.29, 1.82) is 0 Å². The molecule has 0 aromatic carbocycles. The summed E-state index contributed by atoms with van der Waals surface area (Å²) in [5, 5.41) is 0. The lowest BCUT2D eigenvalue weighted by atomic mass is 10.3. The van der Waals surface area contributed by atoms with E-state index in [0.717, 1.165) is 0 Å². The predicted molar refractivity (Wildman–Crippen MR) is 37.1 cm³/mol. The van der Waals surface area contributed by atoms with Gasteiger partial charge in [0.2, 0.25) is 0 Å². The van der Waals surface area contributed by atoms with E-state index in [4.69, 9.17) is 0 Å². The normalized spacial score (nSPS) is 15.8. The molecule has 0 fully saturated rings. The highest BCUT2D eigenvalue weighted by Crippen LogP contribution is 2.36. The second kappa shape index (κ2) is 3.68. The van der Waals surface area contributed by atoms with Crippen molar-refractivity contribution < 1.29 is 27.0 Å². The third-order valence-corrected chi connectivity index (χ3v) is 1.13. The number of ether oxygens (including phenoxy) is 2. The summed E-state index contributed by atoms with van der Waals surface area (Å²) in [6.07, 6.45) is -4.37. The molecule has 0 aliphatic carbocycles. The average molecular weight is 200 g/mol. The molecule has 0 spiro atoms. The van der Waals surface area contributed by atoms with Gasteiger partial charge in [-0.1, -0.05) is 6.58 Å². The van der Waals surface area contributed by atoms with Crippen LogP contribution >= 0.6 is 0 Å². The summed E-state index contributed by atoms with van der Waals surface area (Å²) < 4.78 is 56.2. The van der Waals surface area contributed by atoms with E-state index >= 15 is 0 Å². The topological polar surface area (TPSA) is 18.5 Å². The maximum atomic E-state index is 12.1. The van der Waals surface area contributed by atoms with Crippen LogP contribution in [0.3, 0.4) is 0 Å². The molecule has 0 aliphatic heterocycles. The fourth-order valence-electron chi connectivity index (χ4n) is 0.519. The van der Waals surface area contributed by atoms with E-state index in [1.807, 2.05) is 0 Å². The average Bonchev–Trinajstić information content (AvgIpc) is 1.82. The summed E-state index contributed by atoms with van der Waals surface area (Å²) in [6.45, 7) is 5.96. The molecular formula is C7H8F4O2. The molecule has 0 saturated carbocycles. The molecule has 0 saturated heterocycles. The molecular weight excluding hydrogens is 192 g/mol. The van der Waals surface area contributed by atoms with Gasteiger partial charge in [-0.3, -0.25) is 0 Å². The second-order valence-corrected chi connectivity index (χ2v) is 2.19. The molecule has 0 amide bonds. The standard InChI is InChI=1S/C7H8F4O2/c1-4-12-6(3,7(9,10)11)13-5(2)8/h4H,1-2H2,3H3. The van der Waals surface area contributed by atoms with E-state index in [-0.39, 0.29) is 0 Å². The molecule has 0 heterocycles. The maximum Gasteiger partial charge on any atom is 0.467 e. The highest BCUT2D eigenvalue weighted by Gasteiger charge is 2.56. The van der Waals surface area contributed by atoms with Gasteiger partial charge in [-0.25, -0.2) is 0 Å². The fourth-order valence-corrected chi connectivity index (χ4v) is 0.519. The van der Waals surface area contributed by atoms with E-state index in [9.17, 15) is 17.6 Å². The highest BCUT2D eigenvalue weighted by molar-refractivity contribution is 4.81. The molecule has 1 atom stereocenters. The van der Waals surface area contributed by atoms with Gasteiger partial charge in [-0.05, 0) is 6.58 Å². The monoisotopic (exact) mass is 200 g/mol. The van der Waals surface area contributed by atoms with Gasteiger partial charge < -0.3 is 9.47 Å². The van der Waals surface area contributed by atoms with Crippen molar-refractivity contribution in [3.05, 3.63) is 25.4 Å². The van der Waals surface area contributed by atoms with E-state index in [0.29, 0.717) is 13.2 Å². The first-order valence-electron chi connectivity index (χ1n) is 3.12. The van der Waals surface area contributed by atoms with Gasteiger partial charge in [0.25, 0.3) is 6.01 Å². The minimum atomic E-state index is -4.88. The highest BCUT2D eigenvalue weighted by atomic mass is 19.4. The van der Waals surface area contributed by atoms with Crippen molar-refractivity contribution in [3.63, 3.8) is 0 Å². The predicted octanol–water partition coefficient (Wildman–Crippen LogP) is 2.88. The minimum Gasteiger partial charge on any atom is -0.453 e. The Labute approximate surface area is 72.4 Å². The van der Waals surface area contributed by atoms with Gasteiger partial charge in [0.1, 0.15) is 0 Å². The molecule has 0 N–H and O–H groups in total. The lowest BCUT2D eigenvalue weighted by Gasteiger charge is -2.29. The molecule has 0 aromatic rings. The van der Waals surface area contributed by atoms with Crippen molar-refractivity contribution >= 4 is 0 Å². The third kappa shape index (κ3) is 2.96. The Bertz CT molecular complexity index is 211. The van der Waals surface area contributed by atoms with Gasteiger partial charge in [-0.15, -0.1) is 0 Å². The molecule has 0 aliphatic rings. The van der Waals surface area contributed by atoms with Crippen molar-refractivity contribution in [2.24, 2.45) is 0 Å². The number of rotatable bonds is 4. The van der Waals surface area contributed by atoms with Gasteiger partial charge in [0, 0.05) is 6.92 Å². The van der Waals surface area contributed by atoms with Gasteiger partial charge in [-0.2, -0.15) is 17.6 Å². The van der Waals surface area contributed by atoms with E-state index in [2.05, 4.69) is 22.6 Å². The minimum absolute atomic E-state index is 0.510. The van der Waals surface area contributed by atoms with Crippen LogP contribution in [0, 0.1) is 0 Å². The van der Waals surface area contributed by atoms with Gasteiger partial charge in [0.05, 0.1) is 6.26 Å². The zero-order valence-electron chi connectivity index (χ0n) is 6.82. The number of hydrogen-bond donors (Lipinski definition) is 0. The molecule has 2 nitrogen and oxygen atoms in total. The number of halogens is 4. The van der Waals surface area contributed by atoms with Crippen LogP contribution in [0.2, 0.25) is 0 Å². The Hall–Kier alpha value is -1.20. The van der Waals surface area contributed by atoms with Crippen LogP contribution in [0.4, 0.5) is 17.6 Å². The summed E-state index contributed by atoms with van der Waals surface area (Å²) >= 11 is 0. The van der Waals surface area contributed by atoms with Crippen molar-refractivity contribution in [3.8, 4) is 0 Å². The molecule has 0 rings (SSSR count). The molecule has 1 unspecified atom stereocenters. The largest absolute Gasteiger partial charge is 0.467 e. The Morgan fingerprint density at radius 1 is 1.38 bits per heavy atom. The Morgan fingerprint density at radius 3 is 2.08 bits per heavy atom. The zero-order valence-corrected chi connectivity index (χ0v) is 6.82. The van der Waals surface area contributed by atoms with Crippen LogP contribution in [0.5, 0.6) is 0 Å². The first-order chi connectivity index (χ1) is 5.73. The van der Waals surface area contributed by atoms with Crippen LogP contribution in [-0.2, 0) is 9.47 Å². The Morgan fingerprint density at radius 2 is 1.85 bits per heavy atom. The molecule has 76 valence electrons. The SMILES string of the molecule is C=COC(C)(OC(=C)F)C(F)(F)F. The van der Waals surface area contributed by atoms with Crippen molar-refractivity contribution in [2.75, 3.05) is 0 Å². The van der Waals surface area contributed by atoms with Crippen molar-refractivity contribution in [1.82, 2.24) is 0 Å². The lowest BCUT2D eigenvalue weighted by molar-refractivity contribution is -0.350. The first kappa shape index (κ1) is 11.8. The molecule has 13 heavy (non-hydrogen) atoms. The van der Waals surface area contributed by atoms with Crippen LogP contribution in [0.25, 0.3) is 0 Å². The fraction of sp³-hybridized carbons (Fsp3) is 0.429. The molecule has 0 radical (unpaired) electrons. The molecule has 6 heteroatoms. The van der Waals surface area contributed by atoms with Gasteiger partial charge in [0.15, 0.2) is 0 Å². The Balaban J connectivity index is 4.72. The van der Waals surface area contributed by atoms with E-state index in [1.165, 1.54) is 0 Å². The van der Waals surface area contributed by atoms with Crippen LogP contribution in [0.1, 0.15) is 6.92 Å². The summed E-state index contributed by atoms with van der Waals surface area (Å²) in [6, 6.07) is -1.58. The molecule has 0 bridgehead atoms. The molecule has 0 aromatic heterocycles. The summed E-state index contributed by atoms with van der Waals surface area (Å²) in [4.78, 5) is 0. The first-order valence-corrected chi connectivity index (χ1v) is 3.12. The Kier molecular flexibility index (Phi) is 3.34. The van der Waals surface area contributed by atoms with Crippen LogP contribution < -0.4 is 0 Å². The van der Waals surface area contributed by atoms with E-state index < -0.39 is 18.0 Å². The number of hydrogen-bond acceptors (Lipinski definition) is 2. The van der Waals surface area contributed by atoms with Crippen molar-refractivity contribution in [2.45, 2.75) is 18.9 Å².